The number of rotatable bonds is 5. The molecule has 0 N–H and O–H groups in total. The molecular formula is C20H23ClN2O4S. The lowest BCUT2D eigenvalue weighted by Gasteiger charge is -2.23. The number of hydrogen-bond donors (Lipinski definition) is 0. The van der Waals surface area contributed by atoms with Gasteiger partial charge in [0, 0.05) is 31.4 Å². The van der Waals surface area contributed by atoms with Crippen LogP contribution >= 0.6 is 11.6 Å². The number of ether oxygens (including phenoxy) is 1. The van der Waals surface area contributed by atoms with Crippen molar-refractivity contribution >= 4 is 33.2 Å². The number of hydrogen-bond acceptors (Lipinski definition) is 4. The topological polar surface area (TPSA) is 66.9 Å². The Labute approximate surface area is 170 Å². The molecule has 0 saturated heterocycles. The second-order valence-electron chi connectivity index (χ2n) is 6.99. The second kappa shape index (κ2) is 7.73. The van der Waals surface area contributed by atoms with Gasteiger partial charge in [-0.05, 0) is 67.8 Å². The Morgan fingerprint density at radius 1 is 1.21 bits per heavy atom. The first-order valence-electron chi connectivity index (χ1n) is 8.91. The molecule has 28 heavy (non-hydrogen) atoms. The van der Waals surface area contributed by atoms with Gasteiger partial charge in [0.2, 0.25) is 10.0 Å². The van der Waals surface area contributed by atoms with Crippen molar-refractivity contribution in [3.05, 3.63) is 52.5 Å². The molecule has 0 fully saturated rings. The molecule has 0 aromatic heterocycles. The molecule has 1 atom stereocenters. The van der Waals surface area contributed by atoms with E-state index in [1.807, 2.05) is 6.92 Å². The molecule has 2 aromatic carbocycles. The lowest BCUT2D eigenvalue weighted by Crippen LogP contribution is -2.39. The van der Waals surface area contributed by atoms with E-state index < -0.39 is 16.1 Å². The van der Waals surface area contributed by atoms with Gasteiger partial charge in [-0.2, -0.15) is 0 Å². The van der Waals surface area contributed by atoms with Crippen molar-refractivity contribution in [1.29, 1.82) is 0 Å². The van der Waals surface area contributed by atoms with Gasteiger partial charge in [0.05, 0.1) is 4.90 Å². The molecule has 0 radical (unpaired) electrons. The first-order valence-corrected chi connectivity index (χ1v) is 10.7. The predicted octanol–water partition coefficient (Wildman–Crippen LogP) is 3.26. The molecule has 1 heterocycles. The molecule has 1 amide bonds. The van der Waals surface area contributed by atoms with Gasteiger partial charge in [0.1, 0.15) is 5.75 Å². The van der Waals surface area contributed by atoms with Crippen LogP contribution in [0.15, 0.2) is 41.3 Å². The Kier molecular flexibility index (Phi) is 5.70. The Bertz CT molecular complexity index is 1020. The van der Waals surface area contributed by atoms with Crippen molar-refractivity contribution in [1.82, 2.24) is 4.31 Å². The highest BCUT2D eigenvalue weighted by Crippen LogP contribution is 2.32. The monoisotopic (exact) mass is 422 g/mol. The average Bonchev–Trinajstić information content (AvgIpc) is 3.07. The SMILES string of the molecule is Cc1cc(O[C@@H](C)C(=O)N2CCc3cc(S(=O)(=O)N(C)C)ccc32)ccc1Cl. The van der Waals surface area contributed by atoms with E-state index in [1.54, 1.807) is 42.2 Å². The predicted molar refractivity (Wildman–Crippen MR) is 110 cm³/mol. The molecule has 150 valence electrons. The van der Waals surface area contributed by atoms with Crippen molar-refractivity contribution in [3.8, 4) is 5.75 Å². The number of sulfonamides is 1. The minimum atomic E-state index is -3.51. The van der Waals surface area contributed by atoms with Gasteiger partial charge < -0.3 is 9.64 Å². The summed E-state index contributed by atoms with van der Waals surface area (Å²) in [5, 5.41) is 0.642. The molecule has 1 aliphatic heterocycles. The molecule has 6 nitrogen and oxygen atoms in total. The summed E-state index contributed by atoms with van der Waals surface area (Å²) in [6.07, 6.45) is -0.0818. The average molecular weight is 423 g/mol. The third-order valence-corrected chi connectivity index (χ3v) is 7.02. The smallest absolute Gasteiger partial charge is 0.267 e. The highest BCUT2D eigenvalue weighted by Gasteiger charge is 2.30. The number of carbonyl (C=O) groups excluding carboxylic acids is 1. The summed E-state index contributed by atoms with van der Waals surface area (Å²) < 4.78 is 31.6. The Morgan fingerprint density at radius 3 is 2.57 bits per heavy atom. The van der Waals surface area contributed by atoms with E-state index in [0.29, 0.717) is 23.7 Å². The van der Waals surface area contributed by atoms with Crippen LogP contribution in [0, 0.1) is 6.92 Å². The number of fused-ring (bicyclic) bond motifs is 1. The minimum absolute atomic E-state index is 0.172. The summed E-state index contributed by atoms with van der Waals surface area (Å²) in [6, 6.07) is 10.1. The van der Waals surface area contributed by atoms with Gasteiger partial charge in [-0.1, -0.05) is 11.6 Å². The van der Waals surface area contributed by atoms with Crippen LogP contribution in [-0.2, 0) is 21.2 Å². The number of aryl methyl sites for hydroxylation is 1. The Morgan fingerprint density at radius 2 is 1.93 bits per heavy atom. The first kappa shape index (κ1) is 20.6. The molecule has 0 saturated carbocycles. The fraction of sp³-hybridized carbons (Fsp3) is 0.350. The van der Waals surface area contributed by atoms with Gasteiger partial charge in [-0.25, -0.2) is 12.7 Å². The Hall–Kier alpha value is -2.09. The number of nitrogens with zero attached hydrogens (tertiary/aromatic N) is 2. The van der Waals surface area contributed by atoms with Crippen molar-refractivity contribution < 1.29 is 17.9 Å². The maximum Gasteiger partial charge on any atom is 0.267 e. The van der Waals surface area contributed by atoms with Gasteiger partial charge in [0.15, 0.2) is 6.10 Å². The molecule has 1 aliphatic rings. The van der Waals surface area contributed by atoms with E-state index in [-0.39, 0.29) is 10.8 Å². The quantitative estimate of drug-likeness (QED) is 0.741. The zero-order valence-corrected chi connectivity index (χ0v) is 17.8. The van der Waals surface area contributed by atoms with Gasteiger partial charge in [-0.15, -0.1) is 0 Å². The van der Waals surface area contributed by atoms with Crippen molar-refractivity contribution in [2.45, 2.75) is 31.3 Å². The minimum Gasteiger partial charge on any atom is -0.481 e. The van der Waals surface area contributed by atoms with Crippen molar-refractivity contribution in [3.63, 3.8) is 0 Å². The van der Waals surface area contributed by atoms with E-state index in [4.69, 9.17) is 16.3 Å². The molecule has 0 aliphatic carbocycles. The van der Waals surface area contributed by atoms with E-state index in [2.05, 4.69) is 0 Å². The fourth-order valence-electron chi connectivity index (χ4n) is 3.14. The summed E-state index contributed by atoms with van der Waals surface area (Å²) in [4.78, 5) is 14.8. The summed E-state index contributed by atoms with van der Waals surface area (Å²) in [5.41, 5.74) is 2.44. The first-order chi connectivity index (χ1) is 13.1. The molecule has 0 unspecified atom stereocenters. The molecule has 0 spiro atoms. The van der Waals surface area contributed by atoms with Crippen LogP contribution in [0.3, 0.4) is 0 Å². The molecule has 2 aromatic rings. The molecular weight excluding hydrogens is 400 g/mol. The van der Waals surface area contributed by atoms with Crippen molar-refractivity contribution in [2.24, 2.45) is 0 Å². The summed E-state index contributed by atoms with van der Waals surface area (Å²) in [5.74, 6) is 0.407. The van der Waals surface area contributed by atoms with Crippen LogP contribution in [0.1, 0.15) is 18.1 Å². The van der Waals surface area contributed by atoms with E-state index in [0.717, 1.165) is 16.8 Å². The fourth-order valence-corrected chi connectivity index (χ4v) is 4.21. The van der Waals surface area contributed by atoms with Crippen LogP contribution in [-0.4, -0.2) is 45.4 Å². The molecule has 3 rings (SSSR count). The van der Waals surface area contributed by atoms with Crippen LogP contribution in [0.5, 0.6) is 5.75 Å². The standard InChI is InChI=1S/C20H23ClN2O4S/c1-13-11-16(5-7-18(13)21)27-14(2)20(24)23-10-9-15-12-17(6-8-19(15)23)28(25,26)22(3)4/h5-8,11-12,14H,9-10H2,1-4H3/t14-/m0/s1. The highest BCUT2D eigenvalue weighted by atomic mass is 35.5. The molecule has 0 bridgehead atoms. The van der Waals surface area contributed by atoms with Crippen LogP contribution in [0.2, 0.25) is 5.02 Å². The number of benzene rings is 2. The van der Waals surface area contributed by atoms with E-state index >= 15 is 0 Å². The lowest BCUT2D eigenvalue weighted by atomic mass is 10.2. The van der Waals surface area contributed by atoms with Gasteiger partial charge in [0.25, 0.3) is 5.91 Å². The lowest BCUT2D eigenvalue weighted by molar-refractivity contribution is -0.124. The normalized spacial score (nSPS) is 14.9. The number of halogens is 1. The van der Waals surface area contributed by atoms with Crippen LogP contribution < -0.4 is 9.64 Å². The van der Waals surface area contributed by atoms with E-state index in [9.17, 15) is 13.2 Å². The maximum atomic E-state index is 12.9. The van der Waals surface area contributed by atoms with Crippen LogP contribution in [0.4, 0.5) is 5.69 Å². The third kappa shape index (κ3) is 3.87. The maximum absolute atomic E-state index is 12.9. The second-order valence-corrected chi connectivity index (χ2v) is 9.55. The van der Waals surface area contributed by atoms with E-state index in [1.165, 1.54) is 24.5 Å². The van der Waals surface area contributed by atoms with Gasteiger partial charge >= 0.3 is 0 Å². The van der Waals surface area contributed by atoms with Gasteiger partial charge in [-0.3, -0.25) is 4.79 Å². The zero-order valence-electron chi connectivity index (χ0n) is 16.3. The Balaban J connectivity index is 1.79. The summed E-state index contributed by atoms with van der Waals surface area (Å²) in [6.45, 7) is 4.07. The third-order valence-electron chi connectivity index (χ3n) is 4.78. The molecule has 8 heteroatoms. The summed E-state index contributed by atoms with van der Waals surface area (Å²) >= 11 is 6.03. The largest absolute Gasteiger partial charge is 0.481 e. The van der Waals surface area contributed by atoms with Crippen LogP contribution in [0.25, 0.3) is 0 Å². The summed E-state index contributed by atoms with van der Waals surface area (Å²) in [7, 11) is -0.515. The highest BCUT2D eigenvalue weighted by molar-refractivity contribution is 7.89. The number of carbonyl (C=O) groups is 1. The number of anilines is 1. The zero-order chi connectivity index (χ0) is 20.6. The number of amides is 1. The van der Waals surface area contributed by atoms with Crippen molar-refractivity contribution in [2.75, 3.05) is 25.5 Å².